The lowest BCUT2D eigenvalue weighted by Crippen LogP contribution is -1.99. The zero-order valence-corrected chi connectivity index (χ0v) is 11.5. The van der Waals surface area contributed by atoms with Crippen LogP contribution in [-0.2, 0) is 6.42 Å². The van der Waals surface area contributed by atoms with Gasteiger partial charge < -0.3 is 0 Å². The molecule has 94 valence electrons. The molecule has 0 fully saturated rings. The Labute approximate surface area is 120 Å². The van der Waals surface area contributed by atoms with Crippen molar-refractivity contribution in [3.05, 3.63) is 63.6 Å². The Morgan fingerprint density at radius 2 is 2.00 bits per heavy atom. The van der Waals surface area contributed by atoms with Gasteiger partial charge in [-0.3, -0.25) is 4.98 Å². The maximum atomic E-state index is 13.3. The molecular formula is C13H9Cl3FN. The molecule has 0 aliphatic carbocycles. The predicted molar refractivity (Wildman–Crippen MR) is 73.0 cm³/mol. The monoisotopic (exact) mass is 303 g/mol. The molecule has 0 bridgehead atoms. The summed E-state index contributed by atoms with van der Waals surface area (Å²) in [5, 5.41) is 0.159. The molecule has 18 heavy (non-hydrogen) atoms. The van der Waals surface area contributed by atoms with Crippen LogP contribution in [0.3, 0.4) is 0 Å². The molecule has 1 atom stereocenters. The number of pyridine rings is 1. The number of rotatable bonds is 3. The summed E-state index contributed by atoms with van der Waals surface area (Å²) in [5.41, 5.74) is 1.42. The molecule has 1 unspecified atom stereocenters. The van der Waals surface area contributed by atoms with Gasteiger partial charge in [-0.2, -0.15) is 0 Å². The van der Waals surface area contributed by atoms with Gasteiger partial charge in [0.2, 0.25) is 0 Å². The Hall–Kier alpha value is -0.830. The predicted octanol–water partition coefficient (Wildman–Crippen LogP) is 5.05. The van der Waals surface area contributed by atoms with Crippen LogP contribution in [0.15, 0.2) is 36.7 Å². The van der Waals surface area contributed by atoms with E-state index in [1.807, 2.05) is 0 Å². The minimum atomic E-state index is -0.472. The Balaban J connectivity index is 2.25. The van der Waals surface area contributed by atoms with E-state index in [-0.39, 0.29) is 5.02 Å². The molecule has 0 saturated heterocycles. The molecule has 0 N–H and O–H groups in total. The van der Waals surface area contributed by atoms with Crippen LogP contribution >= 0.6 is 34.8 Å². The van der Waals surface area contributed by atoms with E-state index in [0.29, 0.717) is 17.0 Å². The number of halogens is 4. The molecular weight excluding hydrogens is 296 g/mol. The summed E-state index contributed by atoms with van der Waals surface area (Å²) < 4.78 is 13.3. The van der Waals surface area contributed by atoms with E-state index in [1.165, 1.54) is 6.07 Å². The normalized spacial score (nSPS) is 12.4. The van der Waals surface area contributed by atoms with Crippen molar-refractivity contribution >= 4 is 34.8 Å². The van der Waals surface area contributed by atoms with Gasteiger partial charge in [-0.25, -0.2) is 4.39 Å². The van der Waals surface area contributed by atoms with Crippen molar-refractivity contribution in [2.24, 2.45) is 0 Å². The summed E-state index contributed by atoms with van der Waals surface area (Å²) in [5.74, 6) is -0.472. The number of nitrogens with zero attached hydrogens (tertiary/aromatic N) is 1. The maximum absolute atomic E-state index is 13.3. The van der Waals surface area contributed by atoms with Gasteiger partial charge in [-0.1, -0.05) is 35.3 Å². The minimum Gasteiger partial charge on any atom is -0.263 e. The quantitative estimate of drug-likeness (QED) is 0.723. The Morgan fingerprint density at radius 1 is 1.22 bits per heavy atom. The summed E-state index contributed by atoms with van der Waals surface area (Å²) in [6, 6.07) is 6.37. The zero-order chi connectivity index (χ0) is 13.1. The van der Waals surface area contributed by atoms with Crippen molar-refractivity contribution in [1.29, 1.82) is 0 Å². The highest BCUT2D eigenvalue weighted by Crippen LogP contribution is 2.33. The van der Waals surface area contributed by atoms with E-state index < -0.39 is 11.2 Å². The van der Waals surface area contributed by atoms with Gasteiger partial charge in [-0.15, -0.1) is 11.6 Å². The van der Waals surface area contributed by atoms with Crippen LogP contribution in [-0.4, -0.2) is 4.98 Å². The molecule has 1 aromatic carbocycles. The zero-order valence-electron chi connectivity index (χ0n) is 9.21. The molecule has 0 radical (unpaired) electrons. The van der Waals surface area contributed by atoms with E-state index in [0.717, 1.165) is 5.56 Å². The van der Waals surface area contributed by atoms with Gasteiger partial charge in [0.1, 0.15) is 5.82 Å². The van der Waals surface area contributed by atoms with Crippen LogP contribution in [0.5, 0.6) is 0 Å². The van der Waals surface area contributed by atoms with Crippen LogP contribution in [0.1, 0.15) is 16.5 Å². The summed E-state index contributed by atoms with van der Waals surface area (Å²) in [4.78, 5) is 3.90. The van der Waals surface area contributed by atoms with Crippen molar-refractivity contribution in [3.63, 3.8) is 0 Å². The van der Waals surface area contributed by atoms with Crippen LogP contribution in [0.25, 0.3) is 0 Å². The topological polar surface area (TPSA) is 12.9 Å². The average molecular weight is 305 g/mol. The van der Waals surface area contributed by atoms with E-state index in [1.54, 1.807) is 30.6 Å². The van der Waals surface area contributed by atoms with Crippen LogP contribution in [0.4, 0.5) is 4.39 Å². The van der Waals surface area contributed by atoms with Gasteiger partial charge >= 0.3 is 0 Å². The molecule has 5 heteroatoms. The SMILES string of the molecule is Fc1cccc(C(Cl)Cc2ccncc2Cl)c1Cl. The summed E-state index contributed by atoms with van der Waals surface area (Å²) in [6.45, 7) is 0. The molecule has 0 spiro atoms. The second kappa shape index (κ2) is 5.87. The smallest absolute Gasteiger partial charge is 0.142 e. The van der Waals surface area contributed by atoms with Crippen molar-refractivity contribution < 1.29 is 4.39 Å². The molecule has 2 aromatic rings. The Kier molecular flexibility index (Phi) is 4.44. The van der Waals surface area contributed by atoms with E-state index in [4.69, 9.17) is 34.8 Å². The van der Waals surface area contributed by atoms with Crippen molar-refractivity contribution in [1.82, 2.24) is 4.98 Å². The first-order valence-electron chi connectivity index (χ1n) is 5.26. The molecule has 0 amide bonds. The standard InChI is InChI=1S/C13H9Cl3FN/c14-10(6-8-4-5-18-7-11(8)15)9-2-1-3-12(17)13(9)16/h1-5,7,10H,6H2. The third-order valence-electron chi connectivity index (χ3n) is 2.57. The van der Waals surface area contributed by atoms with Crippen molar-refractivity contribution in [2.45, 2.75) is 11.8 Å². The summed E-state index contributed by atoms with van der Waals surface area (Å²) in [6.07, 6.45) is 3.65. The fourth-order valence-corrected chi connectivity index (χ4v) is 2.49. The molecule has 2 rings (SSSR count). The average Bonchev–Trinajstić information content (AvgIpc) is 2.35. The van der Waals surface area contributed by atoms with Crippen LogP contribution < -0.4 is 0 Å². The first-order chi connectivity index (χ1) is 8.59. The second-order valence-corrected chi connectivity index (χ2v) is 5.09. The third kappa shape index (κ3) is 2.94. The van der Waals surface area contributed by atoms with E-state index in [2.05, 4.69) is 4.98 Å². The first-order valence-corrected chi connectivity index (χ1v) is 6.45. The van der Waals surface area contributed by atoms with Gasteiger partial charge in [0.25, 0.3) is 0 Å². The first kappa shape index (κ1) is 13.6. The molecule has 0 saturated carbocycles. The highest BCUT2D eigenvalue weighted by Gasteiger charge is 2.16. The van der Waals surface area contributed by atoms with Gasteiger partial charge in [0, 0.05) is 12.4 Å². The van der Waals surface area contributed by atoms with E-state index >= 15 is 0 Å². The molecule has 1 nitrogen and oxygen atoms in total. The number of hydrogen-bond acceptors (Lipinski definition) is 1. The van der Waals surface area contributed by atoms with Crippen LogP contribution in [0, 0.1) is 5.82 Å². The summed E-state index contributed by atoms with van der Waals surface area (Å²) in [7, 11) is 0. The lowest BCUT2D eigenvalue weighted by atomic mass is 10.0. The van der Waals surface area contributed by atoms with Gasteiger partial charge in [-0.05, 0) is 29.7 Å². The van der Waals surface area contributed by atoms with Crippen LogP contribution in [0.2, 0.25) is 10.0 Å². The summed E-state index contributed by atoms with van der Waals surface area (Å²) >= 11 is 18.1. The minimum absolute atomic E-state index is 0.0580. The highest BCUT2D eigenvalue weighted by molar-refractivity contribution is 6.33. The third-order valence-corrected chi connectivity index (χ3v) is 3.70. The number of benzene rings is 1. The molecule has 0 aliphatic heterocycles. The largest absolute Gasteiger partial charge is 0.263 e. The second-order valence-electron chi connectivity index (χ2n) is 3.78. The van der Waals surface area contributed by atoms with Gasteiger partial charge in [0.15, 0.2) is 0 Å². The fraction of sp³-hybridized carbons (Fsp3) is 0.154. The molecule has 0 aliphatic rings. The van der Waals surface area contributed by atoms with Crippen molar-refractivity contribution in [2.75, 3.05) is 0 Å². The van der Waals surface area contributed by atoms with Gasteiger partial charge in [0.05, 0.1) is 15.4 Å². The highest BCUT2D eigenvalue weighted by atomic mass is 35.5. The van der Waals surface area contributed by atoms with Crippen molar-refractivity contribution in [3.8, 4) is 0 Å². The van der Waals surface area contributed by atoms with E-state index in [9.17, 15) is 4.39 Å². The number of alkyl halides is 1. The number of hydrogen-bond donors (Lipinski definition) is 0. The Bertz CT molecular complexity index is 560. The lowest BCUT2D eigenvalue weighted by molar-refractivity contribution is 0.625. The maximum Gasteiger partial charge on any atom is 0.142 e. The Morgan fingerprint density at radius 3 is 2.72 bits per heavy atom. The molecule has 1 aromatic heterocycles. The lowest BCUT2D eigenvalue weighted by Gasteiger charge is -2.12. The molecule has 1 heterocycles. The fourth-order valence-electron chi connectivity index (χ4n) is 1.63. The number of aromatic nitrogens is 1.